The molecule has 1 aliphatic heterocycles. The maximum absolute atomic E-state index is 12.8. The molecule has 21 heavy (non-hydrogen) atoms. The molecule has 4 heteroatoms. The summed E-state index contributed by atoms with van der Waals surface area (Å²) in [5.41, 5.74) is 0.847. The summed E-state index contributed by atoms with van der Waals surface area (Å²) in [5, 5.41) is 2.87. The second kappa shape index (κ2) is 6.74. The Labute approximate surface area is 126 Å². The zero-order chi connectivity index (χ0) is 15.4. The average molecular weight is 288 g/mol. The lowest BCUT2D eigenvalue weighted by molar-refractivity contribution is -0.150. The van der Waals surface area contributed by atoms with Gasteiger partial charge in [0.1, 0.15) is 12.1 Å². The highest BCUT2D eigenvalue weighted by Crippen LogP contribution is 2.24. The molecule has 1 aliphatic rings. The van der Waals surface area contributed by atoms with Gasteiger partial charge in [-0.2, -0.15) is 0 Å². The number of carbonyl (C=O) groups excluding carboxylic acids is 2. The second-order valence-electron chi connectivity index (χ2n) is 5.78. The Hall–Kier alpha value is -1.84. The van der Waals surface area contributed by atoms with Crippen molar-refractivity contribution in [2.24, 2.45) is 5.92 Å². The number of amides is 2. The molecule has 4 nitrogen and oxygen atoms in total. The van der Waals surface area contributed by atoms with Crippen LogP contribution in [-0.2, 0) is 9.59 Å². The van der Waals surface area contributed by atoms with Gasteiger partial charge in [0.2, 0.25) is 11.8 Å². The van der Waals surface area contributed by atoms with Crippen molar-refractivity contribution in [1.29, 1.82) is 0 Å². The van der Waals surface area contributed by atoms with Crippen molar-refractivity contribution in [2.45, 2.75) is 45.7 Å². The van der Waals surface area contributed by atoms with Crippen LogP contribution in [0.3, 0.4) is 0 Å². The fourth-order valence-corrected chi connectivity index (χ4v) is 2.72. The molecule has 0 spiro atoms. The van der Waals surface area contributed by atoms with Gasteiger partial charge in [-0.05, 0) is 17.9 Å². The van der Waals surface area contributed by atoms with Crippen molar-refractivity contribution >= 4 is 11.8 Å². The van der Waals surface area contributed by atoms with Gasteiger partial charge in [-0.15, -0.1) is 0 Å². The Bertz CT molecular complexity index is 501. The summed E-state index contributed by atoms with van der Waals surface area (Å²) >= 11 is 0. The Balaban J connectivity index is 2.27. The Morgan fingerprint density at radius 3 is 2.43 bits per heavy atom. The van der Waals surface area contributed by atoms with Crippen LogP contribution < -0.4 is 5.32 Å². The Kier molecular flexibility index (Phi) is 4.99. The minimum Gasteiger partial charge on any atom is -0.339 e. The molecule has 0 aromatic heterocycles. The molecule has 114 valence electrons. The molecule has 2 amide bonds. The first kappa shape index (κ1) is 15.5. The van der Waals surface area contributed by atoms with Gasteiger partial charge in [0.15, 0.2) is 0 Å². The number of benzene rings is 1. The van der Waals surface area contributed by atoms with Gasteiger partial charge < -0.3 is 10.2 Å². The smallest absolute Gasteiger partial charge is 0.250 e. The van der Waals surface area contributed by atoms with Crippen molar-refractivity contribution < 1.29 is 9.59 Å². The van der Waals surface area contributed by atoms with Gasteiger partial charge in [-0.3, -0.25) is 9.59 Å². The normalized spacial score (nSPS) is 23.9. The van der Waals surface area contributed by atoms with Crippen LogP contribution in [0.5, 0.6) is 0 Å². The van der Waals surface area contributed by atoms with Crippen LogP contribution in [0.1, 0.15) is 45.2 Å². The van der Waals surface area contributed by atoms with Crippen molar-refractivity contribution in [3.8, 4) is 0 Å². The van der Waals surface area contributed by atoms with Crippen LogP contribution in [0.25, 0.3) is 0 Å². The van der Waals surface area contributed by atoms with Crippen molar-refractivity contribution in [1.82, 2.24) is 10.2 Å². The fraction of sp³-hybridized carbons (Fsp3) is 0.529. The summed E-state index contributed by atoms with van der Waals surface area (Å²) in [6.07, 6.45) is 1.65. The first-order valence-corrected chi connectivity index (χ1v) is 7.74. The van der Waals surface area contributed by atoms with E-state index in [1.54, 1.807) is 4.90 Å². The number of carbonyl (C=O) groups is 2. The molecule has 1 heterocycles. The molecule has 1 N–H and O–H groups in total. The molecule has 0 aliphatic carbocycles. The molecule has 0 bridgehead atoms. The van der Waals surface area contributed by atoms with E-state index in [1.807, 2.05) is 37.3 Å². The van der Waals surface area contributed by atoms with Crippen molar-refractivity contribution in [3.05, 3.63) is 35.9 Å². The van der Waals surface area contributed by atoms with Gasteiger partial charge in [-0.25, -0.2) is 0 Å². The summed E-state index contributed by atoms with van der Waals surface area (Å²) < 4.78 is 0. The summed E-state index contributed by atoms with van der Waals surface area (Å²) in [6, 6.07) is 8.56. The first-order valence-electron chi connectivity index (χ1n) is 7.74. The van der Waals surface area contributed by atoms with Crippen LogP contribution in [0.15, 0.2) is 30.3 Å². The van der Waals surface area contributed by atoms with Crippen LogP contribution in [0.4, 0.5) is 0 Å². The Morgan fingerprint density at radius 2 is 1.86 bits per heavy atom. The topological polar surface area (TPSA) is 49.4 Å². The minimum absolute atomic E-state index is 0.00736. The van der Waals surface area contributed by atoms with E-state index < -0.39 is 6.04 Å². The molecular weight excluding hydrogens is 264 g/mol. The lowest BCUT2D eigenvalue weighted by atomic mass is 9.97. The molecule has 0 radical (unpaired) electrons. The molecule has 1 saturated heterocycles. The molecular formula is C17H24N2O2. The first-order chi connectivity index (χ1) is 10.1. The summed E-state index contributed by atoms with van der Waals surface area (Å²) in [6.45, 7) is 6.81. The molecule has 1 fully saturated rings. The number of nitrogens with one attached hydrogen (secondary N) is 1. The quantitative estimate of drug-likeness (QED) is 0.905. The second-order valence-corrected chi connectivity index (χ2v) is 5.78. The largest absolute Gasteiger partial charge is 0.339 e. The van der Waals surface area contributed by atoms with E-state index in [-0.39, 0.29) is 17.9 Å². The van der Waals surface area contributed by atoms with Gasteiger partial charge in [0.25, 0.3) is 0 Å². The lowest BCUT2D eigenvalue weighted by Gasteiger charge is -2.40. The SMILES string of the molecule is CCC(C)CN1C(=O)C(c2ccccc2)NC(=O)C1CC. The van der Waals surface area contributed by atoms with Gasteiger partial charge in [0.05, 0.1) is 0 Å². The van der Waals surface area contributed by atoms with Gasteiger partial charge in [0, 0.05) is 6.54 Å². The number of piperazine rings is 1. The molecule has 2 rings (SSSR count). The van der Waals surface area contributed by atoms with E-state index in [2.05, 4.69) is 19.2 Å². The van der Waals surface area contributed by atoms with Crippen LogP contribution in [0.2, 0.25) is 0 Å². The van der Waals surface area contributed by atoms with Gasteiger partial charge >= 0.3 is 0 Å². The van der Waals surface area contributed by atoms with Crippen molar-refractivity contribution in [2.75, 3.05) is 6.54 Å². The monoisotopic (exact) mass is 288 g/mol. The number of nitrogens with zero attached hydrogens (tertiary/aromatic N) is 1. The maximum atomic E-state index is 12.8. The average Bonchev–Trinajstić information content (AvgIpc) is 2.51. The predicted octanol–water partition coefficient (Wildman–Crippen LogP) is 2.51. The summed E-state index contributed by atoms with van der Waals surface area (Å²) in [4.78, 5) is 26.9. The number of hydrogen-bond donors (Lipinski definition) is 1. The molecule has 3 unspecified atom stereocenters. The fourth-order valence-electron chi connectivity index (χ4n) is 2.72. The van der Waals surface area contributed by atoms with Crippen LogP contribution in [0, 0.1) is 5.92 Å². The van der Waals surface area contributed by atoms with Crippen LogP contribution >= 0.6 is 0 Å². The lowest BCUT2D eigenvalue weighted by Crippen LogP contribution is -2.60. The highest BCUT2D eigenvalue weighted by molar-refractivity contribution is 5.97. The third-order valence-corrected chi connectivity index (χ3v) is 4.22. The molecule has 1 aromatic rings. The zero-order valence-corrected chi connectivity index (χ0v) is 13.0. The van der Waals surface area contributed by atoms with E-state index >= 15 is 0 Å². The van der Waals surface area contributed by atoms with E-state index in [9.17, 15) is 9.59 Å². The predicted molar refractivity (Wildman–Crippen MR) is 82.6 cm³/mol. The summed E-state index contributed by atoms with van der Waals surface area (Å²) in [7, 11) is 0. The highest BCUT2D eigenvalue weighted by Gasteiger charge is 2.40. The van der Waals surface area contributed by atoms with Crippen LogP contribution in [-0.4, -0.2) is 29.3 Å². The standard InChI is InChI=1S/C17H24N2O2/c1-4-12(3)11-19-14(5-2)16(20)18-15(17(19)21)13-9-7-6-8-10-13/h6-10,12,14-15H,4-5,11H2,1-3H3,(H,18,20). The third kappa shape index (κ3) is 3.26. The van der Waals surface area contributed by atoms with E-state index in [0.29, 0.717) is 18.9 Å². The number of rotatable bonds is 5. The molecule has 0 saturated carbocycles. The van der Waals surface area contributed by atoms with E-state index in [4.69, 9.17) is 0 Å². The minimum atomic E-state index is -0.550. The highest BCUT2D eigenvalue weighted by atomic mass is 16.2. The zero-order valence-electron chi connectivity index (χ0n) is 13.0. The summed E-state index contributed by atoms with van der Waals surface area (Å²) in [5.74, 6) is 0.354. The van der Waals surface area contributed by atoms with E-state index in [0.717, 1.165) is 12.0 Å². The maximum Gasteiger partial charge on any atom is 0.250 e. The molecule has 3 atom stereocenters. The number of hydrogen-bond acceptors (Lipinski definition) is 2. The third-order valence-electron chi connectivity index (χ3n) is 4.22. The van der Waals surface area contributed by atoms with Crippen molar-refractivity contribution in [3.63, 3.8) is 0 Å². The van der Waals surface area contributed by atoms with E-state index in [1.165, 1.54) is 0 Å². The van der Waals surface area contributed by atoms with Gasteiger partial charge in [-0.1, -0.05) is 57.5 Å². The Morgan fingerprint density at radius 1 is 1.19 bits per heavy atom. The molecule has 1 aromatic carbocycles.